The monoisotopic (exact) mass is 602 g/mol. The second kappa shape index (κ2) is 14.0. The summed E-state index contributed by atoms with van der Waals surface area (Å²) in [6.07, 6.45) is 8.40. The van der Waals surface area contributed by atoms with Crippen LogP contribution in [0.15, 0.2) is 111 Å². The molecule has 0 bridgehead atoms. The highest BCUT2D eigenvalue weighted by Gasteiger charge is 2.41. The molecule has 0 aliphatic carbocycles. The largest absolute Gasteiger partial charge is 0.453 e. The molecule has 0 saturated heterocycles. The van der Waals surface area contributed by atoms with E-state index in [-0.39, 0.29) is 0 Å². The van der Waals surface area contributed by atoms with Gasteiger partial charge in [0.1, 0.15) is 0 Å². The third-order valence-electron chi connectivity index (χ3n) is 7.26. The summed E-state index contributed by atoms with van der Waals surface area (Å²) >= 11 is 0. The van der Waals surface area contributed by atoms with Crippen LogP contribution >= 0.6 is 0 Å². The Hall–Kier alpha value is -2.37. The van der Waals surface area contributed by atoms with Gasteiger partial charge in [0.05, 0.1) is 0 Å². The van der Waals surface area contributed by atoms with E-state index in [2.05, 4.69) is 132 Å². The molecule has 0 aliphatic heterocycles. The lowest BCUT2D eigenvalue weighted by Gasteiger charge is -2.37. The van der Waals surface area contributed by atoms with Gasteiger partial charge in [0.15, 0.2) is 0 Å². The summed E-state index contributed by atoms with van der Waals surface area (Å²) in [6.45, 7) is 25.1. The number of hydrogen-bond acceptors (Lipinski definition) is 3. The first-order valence-corrected chi connectivity index (χ1v) is 24.2. The van der Waals surface area contributed by atoms with Crippen LogP contribution in [0.2, 0.25) is 39.3 Å². The number of benzene rings is 3. The molecule has 0 fully saturated rings. The van der Waals surface area contributed by atoms with Gasteiger partial charge < -0.3 is 12.3 Å². The summed E-state index contributed by atoms with van der Waals surface area (Å²) in [7, 11) is -9.52. The van der Waals surface area contributed by atoms with Crippen LogP contribution < -0.4 is 15.6 Å². The lowest BCUT2D eigenvalue weighted by atomic mass is 10.2. The third-order valence-corrected chi connectivity index (χ3v) is 21.8. The molecule has 0 atom stereocenters. The topological polar surface area (TPSA) is 27.7 Å². The summed E-state index contributed by atoms with van der Waals surface area (Å²) < 4.78 is 21.1. The van der Waals surface area contributed by atoms with Crippen molar-refractivity contribution < 1.29 is 12.3 Å². The molecular weight excluding hydrogens is 557 g/mol. The van der Waals surface area contributed by atoms with Crippen LogP contribution in [0.4, 0.5) is 0 Å². The zero-order valence-corrected chi connectivity index (χ0v) is 29.4. The molecule has 3 aromatic carbocycles. The molecular formula is C33H46O3Si4. The van der Waals surface area contributed by atoms with E-state index >= 15 is 0 Å². The van der Waals surface area contributed by atoms with Gasteiger partial charge in [-0.2, -0.15) is 0 Å². The average molecular weight is 603 g/mol. The summed E-state index contributed by atoms with van der Waals surface area (Å²) in [6, 6.07) is 26.3. The van der Waals surface area contributed by atoms with Crippen molar-refractivity contribution in [2.45, 2.75) is 58.5 Å². The molecule has 0 saturated carbocycles. The van der Waals surface area contributed by atoms with Crippen molar-refractivity contribution in [1.29, 1.82) is 0 Å². The molecule has 0 amide bonds. The zero-order chi connectivity index (χ0) is 29.4. The Morgan fingerprint density at radius 1 is 0.475 bits per heavy atom. The lowest BCUT2D eigenvalue weighted by Crippen LogP contribution is -2.60. The van der Waals surface area contributed by atoms with Crippen molar-refractivity contribution in [3.8, 4) is 0 Å². The first kappa shape index (κ1) is 32.1. The van der Waals surface area contributed by atoms with Gasteiger partial charge in [0.25, 0.3) is 0 Å². The van der Waals surface area contributed by atoms with Gasteiger partial charge in [-0.25, -0.2) is 0 Å². The van der Waals surface area contributed by atoms with E-state index in [9.17, 15) is 0 Å². The van der Waals surface area contributed by atoms with E-state index in [0.717, 1.165) is 19.3 Å². The fraction of sp³-hybridized carbons (Fsp3) is 0.273. The second-order valence-electron chi connectivity index (χ2n) is 11.7. The highest BCUT2D eigenvalue weighted by atomic mass is 28.5. The van der Waals surface area contributed by atoms with E-state index in [0.29, 0.717) is 0 Å². The minimum Gasteiger partial charge on any atom is -0.415 e. The van der Waals surface area contributed by atoms with Crippen molar-refractivity contribution >= 4 is 50.0 Å². The molecule has 0 N–H and O–H groups in total. The van der Waals surface area contributed by atoms with Gasteiger partial charge >= 0.3 is 9.53 Å². The van der Waals surface area contributed by atoms with Crippen LogP contribution in [0.3, 0.4) is 0 Å². The van der Waals surface area contributed by atoms with Gasteiger partial charge in [-0.05, 0) is 90.8 Å². The summed E-state index contributed by atoms with van der Waals surface area (Å²) in [5.74, 6) is 0. The van der Waals surface area contributed by atoms with Gasteiger partial charge in [0, 0.05) is 0 Å². The maximum Gasteiger partial charge on any atom is 0.453 e. The van der Waals surface area contributed by atoms with E-state index in [1.54, 1.807) is 0 Å². The molecule has 0 spiro atoms. The Morgan fingerprint density at radius 2 is 0.700 bits per heavy atom. The summed E-state index contributed by atoms with van der Waals surface area (Å²) in [5, 5.41) is 3.73. The standard InChI is InChI=1S/C33H46O3Si4/c1-10-13-28-16-22-31(23-17-28)38(4,5)34-37(35-39(6,7)32-24-18-29(14-11-2)19-25-32)36-40(8,9)33-26-20-30(15-12-3)21-27-33/h10-12,16-27,37H,1-3,13-15H2,4-9H3. The predicted octanol–water partition coefficient (Wildman–Crippen LogP) is 6.28. The van der Waals surface area contributed by atoms with Crippen molar-refractivity contribution in [2.75, 3.05) is 0 Å². The maximum absolute atomic E-state index is 7.02. The minimum absolute atomic E-state index is 0.865. The van der Waals surface area contributed by atoms with Crippen LogP contribution in [0.5, 0.6) is 0 Å². The van der Waals surface area contributed by atoms with Crippen molar-refractivity contribution in [3.63, 3.8) is 0 Å². The Kier molecular flexibility index (Phi) is 11.3. The first-order chi connectivity index (χ1) is 18.9. The number of hydrogen-bond donors (Lipinski definition) is 0. The van der Waals surface area contributed by atoms with E-state index in [1.807, 2.05) is 18.2 Å². The first-order valence-electron chi connectivity index (χ1n) is 14.0. The zero-order valence-electron chi connectivity index (χ0n) is 25.2. The van der Waals surface area contributed by atoms with E-state index < -0.39 is 34.5 Å². The molecule has 40 heavy (non-hydrogen) atoms. The predicted molar refractivity (Wildman–Crippen MR) is 183 cm³/mol. The van der Waals surface area contributed by atoms with Crippen LogP contribution in [-0.2, 0) is 31.6 Å². The van der Waals surface area contributed by atoms with Crippen LogP contribution in [0.25, 0.3) is 0 Å². The quantitative estimate of drug-likeness (QED) is 0.151. The minimum atomic E-state index is -2.56. The average Bonchev–Trinajstić information content (AvgIpc) is 2.89. The summed E-state index contributed by atoms with van der Waals surface area (Å²) in [4.78, 5) is 0. The highest BCUT2D eigenvalue weighted by molar-refractivity contribution is 6.94. The fourth-order valence-electron chi connectivity index (χ4n) is 4.62. The maximum atomic E-state index is 7.02. The molecule has 0 heterocycles. The number of rotatable bonds is 15. The second-order valence-corrected chi connectivity index (χ2v) is 25.9. The molecule has 212 valence electrons. The Balaban J connectivity index is 1.91. The molecule has 3 nitrogen and oxygen atoms in total. The van der Waals surface area contributed by atoms with Crippen molar-refractivity contribution in [1.82, 2.24) is 0 Å². The van der Waals surface area contributed by atoms with Crippen molar-refractivity contribution in [2.24, 2.45) is 0 Å². The van der Waals surface area contributed by atoms with Gasteiger partial charge in [-0.15, -0.1) is 19.7 Å². The molecule has 0 radical (unpaired) electrons. The van der Waals surface area contributed by atoms with Crippen LogP contribution in [0, 0.1) is 0 Å². The molecule has 0 aliphatic rings. The molecule has 0 aromatic heterocycles. The SMILES string of the molecule is C=CCc1ccc([Si](C)(C)O[SiH](O[Si](C)(C)c2ccc(CC=C)cc2)O[Si](C)(C)c2ccc(CC=C)cc2)cc1. The Labute approximate surface area is 247 Å². The fourth-order valence-corrected chi connectivity index (χ4v) is 16.8. The summed E-state index contributed by atoms with van der Waals surface area (Å²) in [5.41, 5.74) is 3.77. The van der Waals surface area contributed by atoms with Gasteiger partial charge in [-0.1, -0.05) is 91.0 Å². The highest BCUT2D eigenvalue weighted by Crippen LogP contribution is 2.19. The lowest BCUT2D eigenvalue weighted by molar-refractivity contribution is 0.305. The van der Waals surface area contributed by atoms with E-state index in [1.165, 1.54) is 32.3 Å². The number of allylic oxidation sites excluding steroid dienone is 3. The Bertz CT molecular complexity index is 1100. The smallest absolute Gasteiger partial charge is 0.415 e. The van der Waals surface area contributed by atoms with Gasteiger partial charge in [0.2, 0.25) is 25.0 Å². The molecule has 7 heteroatoms. The van der Waals surface area contributed by atoms with Crippen molar-refractivity contribution in [3.05, 3.63) is 127 Å². The Morgan fingerprint density at radius 3 is 0.900 bits per heavy atom. The molecule has 0 unspecified atom stereocenters. The van der Waals surface area contributed by atoms with Crippen LogP contribution in [0.1, 0.15) is 16.7 Å². The van der Waals surface area contributed by atoms with Gasteiger partial charge in [-0.3, -0.25) is 0 Å². The molecule has 3 aromatic rings. The van der Waals surface area contributed by atoms with E-state index in [4.69, 9.17) is 12.3 Å². The third kappa shape index (κ3) is 8.81. The molecule has 3 rings (SSSR count). The normalized spacial score (nSPS) is 12.4. The van der Waals surface area contributed by atoms with Crippen LogP contribution in [-0.4, -0.2) is 34.5 Å².